The molecule has 0 saturated carbocycles. The third-order valence-electron chi connectivity index (χ3n) is 4.71. The first-order chi connectivity index (χ1) is 14.8. The van der Waals surface area contributed by atoms with Gasteiger partial charge >= 0.3 is 11.9 Å². The van der Waals surface area contributed by atoms with Crippen LogP contribution in [0.15, 0.2) is 48.5 Å². The second kappa shape index (κ2) is 9.75. The predicted octanol–water partition coefficient (Wildman–Crippen LogP) is 0.437. The number of hydrogen-bond donors (Lipinski definition) is 4. The Morgan fingerprint density at radius 3 is 2.29 bits per heavy atom. The van der Waals surface area contributed by atoms with Gasteiger partial charge in [0.05, 0.1) is 18.2 Å². The lowest BCUT2D eigenvalue weighted by Gasteiger charge is -2.40. The molecule has 31 heavy (non-hydrogen) atoms. The summed E-state index contributed by atoms with van der Waals surface area (Å²) in [5.74, 6) is -1.72. The van der Waals surface area contributed by atoms with Crippen LogP contribution >= 0.6 is 0 Å². The van der Waals surface area contributed by atoms with E-state index in [0.717, 1.165) is 0 Å². The summed E-state index contributed by atoms with van der Waals surface area (Å²) in [4.78, 5) is 23.2. The van der Waals surface area contributed by atoms with E-state index in [9.17, 15) is 24.9 Å². The van der Waals surface area contributed by atoms with Crippen molar-refractivity contribution in [2.24, 2.45) is 0 Å². The summed E-state index contributed by atoms with van der Waals surface area (Å²) >= 11 is 0. The van der Waals surface area contributed by atoms with E-state index in [1.165, 1.54) is 25.3 Å². The number of aromatic carboxylic acids is 1. The molecule has 10 heteroatoms. The Labute approximate surface area is 177 Å². The molecule has 4 N–H and O–H groups in total. The number of rotatable bonds is 7. The average Bonchev–Trinajstić information content (AvgIpc) is 2.79. The average molecular weight is 434 g/mol. The molecular formula is C21H22O10. The van der Waals surface area contributed by atoms with Gasteiger partial charge < -0.3 is 39.4 Å². The number of aliphatic hydroxyl groups excluding tert-OH is 3. The van der Waals surface area contributed by atoms with Crippen LogP contribution in [-0.2, 0) is 9.47 Å². The Hall–Kier alpha value is -3.18. The molecular weight excluding hydrogens is 412 g/mol. The van der Waals surface area contributed by atoms with Crippen molar-refractivity contribution in [3.8, 4) is 11.5 Å². The Morgan fingerprint density at radius 1 is 0.935 bits per heavy atom. The third-order valence-corrected chi connectivity index (χ3v) is 4.71. The molecule has 5 atom stereocenters. The molecule has 0 bridgehead atoms. The van der Waals surface area contributed by atoms with Crippen molar-refractivity contribution >= 4 is 11.9 Å². The smallest absolute Gasteiger partial charge is 0.338 e. The summed E-state index contributed by atoms with van der Waals surface area (Å²) in [6.07, 6.45) is -7.48. The molecule has 1 saturated heterocycles. The van der Waals surface area contributed by atoms with Crippen molar-refractivity contribution in [1.82, 2.24) is 0 Å². The molecule has 0 radical (unpaired) electrons. The number of carbonyl (C=O) groups is 2. The van der Waals surface area contributed by atoms with Gasteiger partial charge in [0, 0.05) is 0 Å². The topological polar surface area (TPSA) is 152 Å². The summed E-state index contributed by atoms with van der Waals surface area (Å²) in [7, 11) is 1.30. The highest BCUT2D eigenvalue weighted by Gasteiger charge is 2.45. The van der Waals surface area contributed by atoms with Crippen LogP contribution in [0.4, 0.5) is 0 Å². The van der Waals surface area contributed by atoms with Gasteiger partial charge in [-0.15, -0.1) is 0 Å². The third kappa shape index (κ3) is 5.12. The number of aliphatic hydroxyl groups is 3. The number of carboxylic acid groups (broad SMARTS) is 1. The molecule has 0 aromatic heterocycles. The maximum Gasteiger partial charge on any atom is 0.338 e. The molecule has 1 heterocycles. The summed E-state index contributed by atoms with van der Waals surface area (Å²) in [6.45, 7) is -0.409. The van der Waals surface area contributed by atoms with Crippen LogP contribution < -0.4 is 9.47 Å². The van der Waals surface area contributed by atoms with Crippen molar-refractivity contribution in [2.45, 2.75) is 30.7 Å². The normalized spacial score (nSPS) is 25.5. The zero-order valence-corrected chi connectivity index (χ0v) is 16.5. The van der Waals surface area contributed by atoms with Crippen LogP contribution in [-0.4, -0.2) is 76.8 Å². The molecule has 1 aliphatic rings. The van der Waals surface area contributed by atoms with Crippen molar-refractivity contribution in [3.05, 3.63) is 59.7 Å². The second-order valence-corrected chi connectivity index (χ2v) is 6.77. The summed E-state index contributed by atoms with van der Waals surface area (Å²) in [5.41, 5.74) is 0.250. The Morgan fingerprint density at radius 2 is 1.65 bits per heavy atom. The minimum Gasteiger partial charge on any atom is -0.493 e. The van der Waals surface area contributed by atoms with E-state index < -0.39 is 49.3 Å². The fourth-order valence-corrected chi connectivity index (χ4v) is 2.99. The van der Waals surface area contributed by atoms with E-state index in [0.29, 0.717) is 5.56 Å². The van der Waals surface area contributed by atoms with Crippen LogP contribution in [0.1, 0.15) is 20.7 Å². The number of ether oxygens (including phenoxy) is 4. The minimum absolute atomic E-state index is 0.0418. The zero-order chi connectivity index (χ0) is 22.5. The number of carbonyl (C=O) groups excluding carboxylic acids is 1. The van der Waals surface area contributed by atoms with Gasteiger partial charge in [-0.2, -0.15) is 0 Å². The predicted molar refractivity (Wildman–Crippen MR) is 104 cm³/mol. The van der Waals surface area contributed by atoms with E-state index in [4.69, 9.17) is 24.1 Å². The van der Waals surface area contributed by atoms with Gasteiger partial charge in [-0.05, 0) is 30.3 Å². The first-order valence-electron chi connectivity index (χ1n) is 9.31. The monoisotopic (exact) mass is 434 g/mol. The number of benzene rings is 2. The van der Waals surface area contributed by atoms with Gasteiger partial charge in [0.2, 0.25) is 6.29 Å². The standard InChI is InChI=1S/C21H22O10/c1-28-14-9-12(19(25)26)7-8-13(14)30-21-18(24)17(23)16(22)15(31-21)10-29-20(27)11-5-3-2-4-6-11/h2-9,15-18,21-24H,10H2,1H3,(H,25,26). The highest BCUT2D eigenvalue weighted by Crippen LogP contribution is 2.32. The van der Waals surface area contributed by atoms with Gasteiger partial charge in [-0.25, -0.2) is 9.59 Å². The molecule has 0 amide bonds. The van der Waals surface area contributed by atoms with Crippen LogP contribution in [0.2, 0.25) is 0 Å². The zero-order valence-electron chi connectivity index (χ0n) is 16.5. The van der Waals surface area contributed by atoms with E-state index in [1.807, 2.05) is 0 Å². The summed E-state index contributed by atoms with van der Waals surface area (Å²) in [5, 5.41) is 39.7. The van der Waals surface area contributed by atoms with Gasteiger partial charge in [0.25, 0.3) is 0 Å². The lowest BCUT2D eigenvalue weighted by atomic mass is 9.99. The van der Waals surface area contributed by atoms with Crippen molar-refractivity contribution in [2.75, 3.05) is 13.7 Å². The molecule has 10 nitrogen and oxygen atoms in total. The molecule has 2 aromatic carbocycles. The van der Waals surface area contributed by atoms with Gasteiger partial charge in [-0.3, -0.25) is 0 Å². The number of carboxylic acids is 1. The van der Waals surface area contributed by atoms with Crippen molar-refractivity contribution in [1.29, 1.82) is 0 Å². The number of esters is 1. The van der Waals surface area contributed by atoms with Gasteiger partial charge in [0.15, 0.2) is 11.5 Å². The molecule has 0 spiro atoms. The van der Waals surface area contributed by atoms with Crippen LogP contribution in [0.5, 0.6) is 11.5 Å². The molecule has 0 aliphatic carbocycles. The van der Waals surface area contributed by atoms with Crippen molar-refractivity contribution < 1.29 is 49.0 Å². The van der Waals surface area contributed by atoms with E-state index in [-0.39, 0.29) is 17.1 Å². The number of methoxy groups -OCH3 is 1. The Balaban J connectivity index is 1.71. The lowest BCUT2D eigenvalue weighted by Crippen LogP contribution is -2.60. The van der Waals surface area contributed by atoms with Gasteiger partial charge in [0.1, 0.15) is 31.0 Å². The van der Waals surface area contributed by atoms with Crippen LogP contribution in [0, 0.1) is 0 Å². The van der Waals surface area contributed by atoms with E-state index in [2.05, 4.69) is 0 Å². The van der Waals surface area contributed by atoms with Crippen LogP contribution in [0.25, 0.3) is 0 Å². The van der Waals surface area contributed by atoms with E-state index in [1.54, 1.807) is 30.3 Å². The maximum atomic E-state index is 12.1. The minimum atomic E-state index is -1.65. The Kier molecular flexibility index (Phi) is 7.08. The Bertz CT molecular complexity index is 916. The quantitative estimate of drug-likeness (QED) is 0.452. The summed E-state index contributed by atoms with van der Waals surface area (Å²) < 4.78 is 21.3. The first kappa shape index (κ1) is 22.5. The second-order valence-electron chi connectivity index (χ2n) is 6.77. The molecule has 3 rings (SSSR count). The molecule has 5 unspecified atom stereocenters. The fraction of sp³-hybridized carbons (Fsp3) is 0.333. The van der Waals surface area contributed by atoms with Gasteiger partial charge in [-0.1, -0.05) is 18.2 Å². The molecule has 1 fully saturated rings. The largest absolute Gasteiger partial charge is 0.493 e. The fourth-order valence-electron chi connectivity index (χ4n) is 2.99. The van der Waals surface area contributed by atoms with E-state index >= 15 is 0 Å². The highest BCUT2D eigenvalue weighted by molar-refractivity contribution is 5.89. The molecule has 2 aromatic rings. The maximum absolute atomic E-state index is 12.1. The van der Waals surface area contributed by atoms with Crippen molar-refractivity contribution in [3.63, 3.8) is 0 Å². The molecule has 1 aliphatic heterocycles. The SMILES string of the molecule is COc1cc(C(=O)O)ccc1OC1OC(COC(=O)c2ccccc2)C(O)C(O)C1O. The lowest BCUT2D eigenvalue weighted by molar-refractivity contribution is -0.277. The van der Waals surface area contributed by atoms with Crippen LogP contribution in [0.3, 0.4) is 0 Å². The molecule has 166 valence electrons. The number of hydrogen-bond acceptors (Lipinski definition) is 9. The highest BCUT2D eigenvalue weighted by atomic mass is 16.7. The summed E-state index contributed by atoms with van der Waals surface area (Å²) in [6, 6.07) is 12.0. The first-order valence-corrected chi connectivity index (χ1v) is 9.31.